The van der Waals surface area contributed by atoms with Crippen LogP contribution in [-0.2, 0) is 19.1 Å². The highest BCUT2D eigenvalue weighted by atomic mass is 16.5. The van der Waals surface area contributed by atoms with E-state index in [1.807, 2.05) is 0 Å². The van der Waals surface area contributed by atoms with Gasteiger partial charge in [0.1, 0.15) is 6.54 Å². The number of carbonyl (C=O) groups excluding carboxylic acids is 2. The van der Waals surface area contributed by atoms with E-state index in [4.69, 9.17) is 4.74 Å². The van der Waals surface area contributed by atoms with Crippen LogP contribution in [0.2, 0.25) is 0 Å². The van der Waals surface area contributed by atoms with Gasteiger partial charge < -0.3 is 14.7 Å². The molecule has 1 fully saturated rings. The van der Waals surface area contributed by atoms with Gasteiger partial charge in [0.2, 0.25) is 5.91 Å². The molecule has 1 rings (SSSR count). The van der Waals surface area contributed by atoms with Crippen LogP contribution in [0.25, 0.3) is 0 Å². The number of carbonyl (C=O) groups is 3. The summed E-state index contributed by atoms with van der Waals surface area (Å²) in [5.41, 5.74) is -0.959. The Kier molecular flexibility index (Phi) is 6.18. The molecule has 120 valence electrons. The van der Waals surface area contributed by atoms with Gasteiger partial charge in [0.25, 0.3) is 0 Å². The number of carboxylic acid groups (broad SMARTS) is 1. The van der Waals surface area contributed by atoms with E-state index in [1.54, 1.807) is 20.8 Å². The zero-order valence-corrected chi connectivity index (χ0v) is 13.1. The zero-order chi connectivity index (χ0) is 16.0. The van der Waals surface area contributed by atoms with Gasteiger partial charge in [-0.2, -0.15) is 0 Å². The van der Waals surface area contributed by atoms with Crippen LogP contribution in [0.4, 0.5) is 0 Å². The number of ether oxygens (including phenoxy) is 1. The summed E-state index contributed by atoms with van der Waals surface area (Å²) in [5.74, 6) is -1.66. The van der Waals surface area contributed by atoms with Gasteiger partial charge in [0, 0.05) is 12.5 Å². The molecule has 6 heteroatoms. The highest BCUT2D eigenvalue weighted by molar-refractivity contribution is 5.87. The summed E-state index contributed by atoms with van der Waals surface area (Å²) in [4.78, 5) is 36.9. The van der Waals surface area contributed by atoms with Crippen molar-refractivity contribution in [3.05, 3.63) is 0 Å². The summed E-state index contributed by atoms with van der Waals surface area (Å²) in [6, 6.07) is -0.172. The van der Waals surface area contributed by atoms with E-state index in [9.17, 15) is 19.5 Å². The van der Waals surface area contributed by atoms with Crippen molar-refractivity contribution >= 4 is 17.8 Å². The lowest BCUT2D eigenvalue weighted by molar-refractivity contribution is -0.156. The first-order valence-electron chi connectivity index (χ1n) is 7.51. The second-order valence-electron chi connectivity index (χ2n) is 5.89. The molecule has 1 aliphatic rings. The minimum absolute atomic E-state index is 0.0417. The van der Waals surface area contributed by atoms with E-state index in [-0.39, 0.29) is 31.5 Å². The maximum atomic E-state index is 12.4. The van der Waals surface area contributed by atoms with E-state index < -0.39 is 17.4 Å². The van der Waals surface area contributed by atoms with E-state index >= 15 is 0 Å². The molecule has 1 saturated carbocycles. The van der Waals surface area contributed by atoms with Gasteiger partial charge in [0.15, 0.2) is 0 Å². The first kappa shape index (κ1) is 17.5. The highest BCUT2D eigenvalue weighted by Gasteiger charge is 2.44. The second kappa shape index (κ2) is 7.43. The summed E-state index contributed by atoms with van der Waals surface area (Å²) in [6.07, 6.45) is 2.68. The van der Waals surface area contributed by atoms with E-state index in [2.05, 4.69) is 0 Å². The molecule has 0 unspecified atom stereocenters. The fourth-order valence-corrected chi connectivity index (χ4v) is 2.81. The summed E-state index contributed by atoms with van der Waals surface area (Å²) in [7, 11) is 0. The number of hydrogen-bond acceptors (Lipinski definition) is 4. The normalized spacial score (nSPS) is 16.8. The SMILES string of the molecule is CCOC(=O)CN(C(=O)CC1(C(=O)O)CCCC1)C(C)C. The summed E-state index contributed by atoms with van der Waals surface area (Å²) in [6.45, 7) is 5.45. The lowest BCUT2D eigenvalue weighted by atomic mass is 9.82. The van der Waals surface area contributed by atoms with E-state index in [0.29, 0.717) is 12.8 Å². The van der Waals surface area contributed by atoms with Crippen LogP contribution in [0.15, 0.2) is 0 Å². The van der Waals surface area contributed by atoms with Crippen molar-refractivity contribution < 1.29 is 24.2 Å². The molecule has 0 saturated heterocycles. The number of esters is 1. The minimum Gasteiger partial charge on any atom is -0.481 e. The van der Waals surface area contributed by atoms with Crippen LogP contribution >= 0.6 is 0 Å². The van der Waals surface area contributed by atoms with Gasteiger partial charge in [-0.15, -0.1) is 0 Å². The summed E-state index contributed by atoms with van der Waals surface area (Å²) >= 11 is 0. The van der Waals surface area contributed by atoms with Gasteiger partial charge in [-0.3, -0.25) is 14.4 Å². The first-order chi connectivity index (χ1) is 9.82. The molecule has 0 atom stereocenters. The first-order valence-corrected chi connectivity index (χ1v) is 7.51. The average Bonchev–Trinajstić information content (AvgIpc) is 2.85. The Balaban J connectivity index is 2.76. The number of aliphatic carboxylic acids is 1. The van der Waals surface area contributed by atoms with Crippen molar-refractivity contribution in [2.24, 2.45) is 5.41 Å². The Morgan fingerprint density at radius 2 is 1.81 bits per heavy atom. The number of amides is 1. The summed E-state index contributed by atoms with van der Waals surface area (Å²) in [5, 5.41) is 9.44. The average molecular weight is 299 g/mol. The molecule has 0 aromatic heterocycles. The molecule has 0 aliphatic heterocycles. The van der Waals surface area contributed by atoms with E-state index in [1.165, 1.54) is 4.90 Å². The molecule has 0 heterocycles. The Morgan fingerprint density at radius 3 is 2.24 bits per heavy atom. The fourth-order valence-electron chi connectivity index (χ4n) is 2.81. The van der Waals surface area contributed by atoms with Gasteiger partial charge in [-0.1, -0.05) is 12.8 Å². The molecule has 0 spiro atoms. The van der Waals surface area contributed by atoms with Crippen molar-refractivity contribution in [3.8, 4) is 0 Å². The molecule has 1 amide bonds. The Labute approximate surface area is 125 Å². The van der Waals surface area contributed by atoms with Gasteiger partial charge in [-0.05, 0) is 33.6 Å². The van der Waals surface area contributed by atoms with Gasteiger partial charge in [-0.25, -0.2) is 0 Å². The van der Waals surface area contributed by atoms with Crippen LogP contribution in [-0.4, -0.2) is 47.0 Å². The van der Waals surface area contributed by atoms with Gasteiger partial charge >= 0.3 is 11.9 Å². The van der Waals surface area contributed by atoms with Crippen LogP contribution in [0.3, 0.4) is 0 Å². The molecule has 21 heavy (non-hydrogen) atoms. The maximum absolute atomic E-state index is 12.4. The molecule has 0 aromatic carbocycles. The van der Waals surface area contributed by atoms with Crippen molar-refractivity contribution in [2.45, 2.75) is 58.9 Å². The summed E-state index contributed by atoms with van der Waals surface area (Å²) < 4.78 is 4.87. The Bertz CT molecular complexity index is 399. The van der Waals surface area contributed by atoms with Crippen molar-refractivity contribution in [2.75, 3.05) is 13.2 Å². The smallest absolute Gasteiger partial charge is 0.325 e. The predicted molar refractivity (Wildman–Crippen MR) is 76.6 cm³/mol. The standard InChI is InChI=1S/C15H25NO5/c1-4-21-13(18)10-16(11(2)3)12(17)9-15(14(19)20)7-5-6-8-15/h11H,4-10H2,1-3H3,(H,19,20). The molecule has 0 bridgehead atoms. The lowest BCUT2D eigenvalue weighted by Crippen LogP contribution is -2.44. The van der Waals surface area contributed by atoms with Crippen LogP contribution in [0.1, 0.15) is 52.9 Å². The minimum atomic E-state index is -0.959. The van der Waals surface area contributed by atoms with Crippen LogP contribution in [0.5, 0.6) is 0 Å². The third-order valence-electron chi connectivity index (χ3n) is 4.05. The van der Waals surface area contributed by atoms with Crippen LogP contribution in [0, 0.1) is 5.41 Å². The molecule has 1 N–H and O–H groups in total. The monoisotopic (exact) mass is 299 g/mol. The van der Waals surface area contributed by atoms with Crippen molar-refractivity contribution in [3.63, 3.8) is 0 Å². The molecule has 6 nitrogen and oxygen atoms in total. The van der Waals surface area contributed by atoms with E-state index in [0.717, 1.165) is 12.8 Å². The second-order valence-corrected chi connectivity index (χ2v) is 5.89. The Hall–Kier alpha value is -1.59. The largest absolute Gasteiger partial charge is 0.481 e. The quantitative estimate of drug-likeness (QED) is 0.725. The molecular weight excluding hydrogens is 274 g/mol. The molecule has 0 radical (unpaired) electrons. The third kappa shape index (κ3) is 4.44. The predicted octanol–water partition coefficient (Wildman–Crippen LogP) is 1.82. The van der Waals surface area contributed by atoms with Crippen molar-refractivity contribution in [1.82, 2.24) is 4.90 Å². The fraction of sp³-hybridized carbons (Fsp3) is 0.800. The number of rotatable bonds is 7. The lowest BCUT2D eigenvalue weighted by Gasteiger charge is -2.30. The Morgan fingerprint density at radius 1 is 1.24 bits per heavy atom. The highest BCUT2D eigenvalue weighted by Crippen LogP contribution is 2.41. The van der Waals surface area contributed by atoms with Crippen molar-refractivity contribution in [1.29, 1.82) is 0 Å². The maximum Gasteiger partial charge on any atom is 0.325 e. The zero-order valence-electron chi connectivity index (χ0n) is 13.1. The topological polar surface area (TPSA) is 83.9 Å². The number of hydrogen-bond donors (Lipinski definition) is 1. The van der Waals surface area contributed by atoms with Crippen LogP contribution < -0.4 is 0 Å². The molecular formula is C15H25NO5. The number of carboxylic acids is 1. The van der Waals surface area contributed by atoms with Gasteiger partial charge in [0.05, 0.1) is 12.0 Å². The molecule has 1 aliphatic carbocycles. The number of nitrogens with zero attached hydrogens (tertiary/aromatic N) is 1. The molecule has 0 aromatic rings. The third-order valence-corrected chi connectivity index (χ3v) is 4.05.